The smallest absolute Gasteiger partial charge is 0.306 e. The van der Waals surface area contributed by atoms with Crippen LogP contribution >= 0.6 is 0 Å². The van der Waals surface area contributed by atoms with Crippen molar-refractivity contribution in [3.05, 3.63) is 60.2 Å². The first-order valence-corrected chi connectivity index (χ1v) is 8.86. The molecule has 2 aromatic rings. The Labute approximate surface area is 159 Å². The Hall–Kier alpha value is -3.02. The Morgan fingerprint density at radius 3 is 2.37 bits per heavy atom. The molecule has 6 nitrogen and oxygen atoms in total. The van der Waals surface area contributed by atoms with Crippen LogP contribution in [0.5, 0.6) is 11.5 Å². The van der Waals surface area contributed by atoms with Crippen LogP contribution in [-0.4, -0.2) is 31.7 Å². The zero-order valence-electron chi connectivity index (χ0n) is 15.6. The number of hydrogen-bond acceptors (Lipinski definition) is 5. The molecule has 0 radical (unpaired) electrons. The van der Waals surface area contributed by atoms with E-state index in [1.54, 1.807) is 14.0 Å². The van der Waals surface area contributed by atoms with E-state index in [4.69, 9.17) is 14.2 Å². The van der Waals surface area contributed by atoms with Gasteiger partial charge in [0.25, 0.3) is 5.91 Å². The Morgan fingerprint density at radius 1 is 1.00 bits per heavy atom. The summed E-state index contributed by atoms with van der Waals surface area (Å²) in [6.45, 7) is 2.33. The number of methoxy groups -OCH3 is 1. The number of para-hydroxylation sites is 1. The van der Waals surface area contributed by atoms with Gasteiger partial charge >= 0.3 is 5.97 Å². The highest BCUT2D eigenvalue weighted by Gasteiger charge is 2.17. The van der Waals surface area contributed by atoms with E-state index < -0.39 is 12.1 Å². The highest BCUT2D eigenvalue weighted by molar-refractivity contribution is 5.83. The molecule has 0 spiro atoms. The molecular weight excluding hydrogens is 346 g/mol. The van der Waals surface area contributed by atoms with Crippen LogP contribution in [0.2, 0.25) is 0 Å². The molecule has 0 fully saturated rings. The number of hydrogen-bond donors (Lipinski definition) is 1. The predicted octanol–water partition coefficient (Wildman–Crippen LogP) is 3.10. The lowest BCUT2D eigenvalue weighted by atomic mass is 10.2. The second-order valence-corrected chi connectivity index (χ2v) is 5.96. The lowest BCUT2D eigenvalue weighted by molar-refractivity contribution is -0.155. The maximum absolute atomic E-state index is 12.1. The maximum atomic E-state index is 12.1. The van der Waals surface area contributed by atoms with Gasteiger partial charge in [-0.2, -0.15) is 0 Å². The second-order valence-electron chi connectivity index (χ2n) is 5.96. The number of ether oxygens (including phenoxy) is 3. The van der Waals surface area contributed by atoms with E-state index in [-0.39, 0.29) is 12.3 Å². The van der Waals surface area contributed by atoms with Gasteiger partial charge in [0, 0.05) is 13.0 Å². The Morgan fingerprint density at radius 2 is 1.70 bits per heavy atom. The standard InChI is InChI=1S/C21H25NO5/c1-16(21(24)22-15-17-10-12-18(25-2)13-11-17)27-20(23)9-6-14-26-19-7-4-3-5-8-19/h3-5,7-8,10-13,16H,6,9,14-15H2,1-2H3,(H,22,24)/t16-/m1/s1. The van der Waals surface area contributed by atoms with Gasteiger partial charge in [-0.05, 0) is 43.2 Å². The van der Waals surface area contributed by atoms with E-state index in [9.17, 15) is 9.59 Å². The molecule has 2 rings (SSSR count). The van der Waals surface area contributed by atoms with Crippen LogP contribution in [0, 0.1) is 0 Å². The second kappa shape index (κ2) is 10.9. The summed E-state index contributed by atoms with van der Waals surface area (Å²) in [6.07, 6.45) is -0.123. The third-order valence-electron chi connectivity index (χ3n) is 3.84. The average Bonchev–Trinajstić information content (AvgIpc) is 2.70. The summed E-state index contributed by atoms with van der Waals surface area (Å²) in [4.78, 5) is 23.9. The normalized spacial score (nSPS) is 11.3. The van der Waals surface area contributed by atoms with Gasteiger partial charge in [0.05, 0.1) is 13.7 Å². The fourth-order valence-electron chi connectivity index (χ4n) is 2.31. The average molecular weight is 371 g/mol. The van der Waals surface area contributed by atoms with Crippen LogP contribution < -0.4 is 14.8 Å². The van der Waals surface area contributed by atoms with Gasteiger partial charge in [0.15, 0.2) is 6.10 Å². The van der Waals surface area contributed by atoms with Crippen molar-refractivity contribution in [1.29, 1.82) is 0 Å². The fraction of sp³-hybridized carbons (Fsp3) is 0.333. The van der Waals surface area contributed by atoms with E-state index in [2.05, 4.69) is 5.32 Å². The largest absolute Gasteiger partial charge is 0.497 e. The molecule has 144 valence electrons. The molecule has 0 saturated heterocycles. The van der Waals surface area contributed by atoms with Crippen molar-refractivity contribution in [1.82, 2.24) is 5.32 Å². The van der Waals surface area contributed by atoms with Crippen LogP contribution in [0.3, 0.4) is 0 Å². The summed E-state index contributed by atoms with van der Waals surface area (Å²) in [7, 11) is 1.60. The summed E-state index contributed by atoms with van der Waals surface area (Å²) in [5.74, 6) is 0.763. The fourth-order valence-corrected chi connectivity index (χ4v) is 2.31. The van der Waals surface area contributed by atoms with E-state index in [0.29, 0.717) is 19.6 Å². The van der Waals surface area contributed by atoms with E-state index in [1.807, 2.05) is 54.6 Å². The monoisotopic (exact) mass is 371 g/mol. The zero-order valence-corrected chi connectivity index (χ0v) is 15.6. The summed E-state index contributed by atoms with van der Waals surface area (Å²) >= 11 is 0. The SMILES string of the molecule is COc1ccc(CNC(=O)[C@@H](C)OC(=O)CCCOc2ccccc2)cc1. The van der Waals surface area contributed by atoms with Gasteiger partial charge in [-0.25, -0.2) is 0 Å². The van der Waals surface area contributed by atoms with Crippen LogP contribution in [-0.2, 0) is 20.9 Å². The van der Waals surface area contributed by atoms with Crippen molar-refractivity contribution in [2.24, 2.45) is 0 Å². The number of carbonyl (C=O) groups is 2. The minimum Gasteiger partial charge on any atom is -0.497 e. The molecule has 2 aromatic carbocycles. The molecule has 27 heavy (non-hydrogen) atoms. The van der Waals surface area contributed by atoms with Gasteiger partial charge < -0.3 is 19.5 Å². The van der Waals surface area contributed by atoms with Crippen LogP contribution in [0.25, 0.3) is 0 Å². The van der Waals surface area contributed by atoms with Crippen molar-refractivity contribution in [3.63, 3.8) is 0 Å². The summed E-state index contributed by atoms with van der Waals surface area (Å²) < 4.78 is 15.8. The molecule has 0 aromatic heterocycles. The molecule has 6 heteroatoms. The van der Waals surface area contributed by atoms with Gasteiger partial charge in [-0.3, -0.25) is 9.59 Å². The molecule has 1 N–H and O–H groups in total. The number of benzene rings is 2. The molecule has 0 heterocycles. The molecule has 0 saturated carbocycles. The van der Waals surface area contributed by atoms with Crippen LogP contribution in [0.1, 0.15) is 25.3 Å². The third kappa shape index (κ3) is 7.40. The molecule has 0 aliphatic rings. The number of rotatable bonds is 10. The number of esters is 1. The Kier molecular flexibility index (Phi) is 8.16. The quantitative estimate of drug-likeness (QED) is 0.513. The molecule has 1 atom stereocenters. The third-order valence-corrected chi connectivity index (χ3v) is 3.84. The summed E-state index contributed by atoms with van der Waals surface area (Å²) in [6, 6.07) is 16.8. The molecule has 1 amide bonds. The van der Waals surface area contributed by atoms with Gasteiger partial charge in [-0.15, -0.1) is 0 Å². The van der Waals surface area contributed by atoms with Crippen LogP contribution in [0.4, 0.5) is 0 Å². The lowest BCUT2D eigenvalue weighted by Gasteiger charge is -2.14. The minimum atomic E-state index is -0.842. The zero-order chi connectivity index (χ0) is 19.5. The molecular formula is C21H25NO5. The first kappa shape index (κ1) is 20.3. The van der Waals surface area contributed by atoms with Gasteiger partial charge in [0.2, 0.25) is 0 Å². The Balaban J connectivity index is 1.63. The van der Waals surface area contributed by atoms with Crippen molar-refractivity contribution in [3.8, 4) is 11.5 Å². The van der Waals surface area contributed by atoms with E-state index in [0.717, 1.165) is 17.1 Å². The van der Waals surface area contributed by atoms with Gasteiger partial charge in [0.1, 0.15) is 11.5 Å². The van der Waals surface area contributed by atoms with Crippen LogP contribution in [0.15, 0.2) is 54.6 Å². The molecule has 0 unspecified atom stereocenters. The highest BCUT2D eigenvalue weighted by Crippen LogP contribution is 2.11. The topological polar surface area (TPSA) is 73.9 Å². The maximum Gasteiger partial charge on any atom is 0.306 e. The van der Waals surface area contributed by atoms with Crippen molar-refractivity contribution < 1.29 is 23.8 Å². The molecule has 0 aliphatic heterocycles. The van der Waals surface area contributed by atoms with E-state index >= 15 is 0 Å². The lowest BCUT2D eigenvalue weighted by Crippen LogP contribution is -2.35. The Bertz CT molecular complexity index is 715. The predicted molar refractivity (Wildman–Crippen MR) is 102 cm³/mol. The summed E-state index contributed by atoms with van der Waals surface area (Å²) in [5, 5.41) is 2.75. The van der Waals surface area contributed by atoms with Crippen molar-refractivity contribution >= 4 is 11.9 Å². The number of nitrogens with one attached hydrogen (secondary N) is 1. The van der Waals surface area contributed by atoms with Crippen molar-refractivity contribution in [2.75, 3.05) is 13.7 Å². The molecule has 0 aliphatic carbocycles. The van der Waals surface area contributed by atoms with Crippen molar-refractivity contribution in [2.45, 2.75) is 32.4 Å². The first-order chi connectivity index (χ1) is 13.1. The summed E-state index contributed by atoms with van der Waals surface area (Å²) in [5.41, 5.74) is 0.931. The number of amides is 1. The first-order valence-electron chi connectivity index (χ1n) is 8.86. The highest BCUT2D eigenvalue weighted by atomic mass is 16.5. The minimum absolute atomic E-state index is 0.197. The molecule has 0 bridgehead atoms. The number of carbonyl (C=O) groups excluding carboxylic acids is 2. The van der Waals surface area contributed by atoms with E-state index in [1.165, 1.54) is 0 Å². The van der Waals surface area contributed by atoms with Gasteiger partial charge in [-0.1, -0.05) is 30.3 Å².